The maximum absolute atomic E-state index is 12.6. The van der Waals surface area contributed by atoms with E-state index in [1.54, 1.807) is 19.0 Å². The zero-order chi connectivity index (χ0) is 14.0. The van der Waals surface area contributed by atoms with Crippen molar-refractivity contribution in [3.8, 4) is 0 Å². The summed E-state index contributed by atoms with van der Waals surface area (Å²) >= 11 is 0. The molecule has 20 heavy (non-hydrogen) atoms. The first-order chi connectivity index (χ1) is 9.61. The standard InChI is InChI=1S/C16H16N2O2/c1-17-14-12-8-7-11(9-5-3-4-6-10(9)12)13(14)15(19)18(2)16(17)20/h3-8,11-14H,1-2H3/t11-,12+,13+,14-/m1/s1. The Morgan fingerprint density at radius 3 is 2.25 bits per heavy atom. The number of carbonyl (C=O) groups excluding carboxylic acids is 2. The predicted octanol–water partition coefficient (Wildman–Crippen LogP) is 1.95. The summed E-state index contributed by atoms with van der Waals surface area (Å²) in [5, 5.41) is 0. The van der Waals surface area contributed by atoms with E-state index in [1.807, 2.05) is 12.1 Å². The van der Waals surface area contributed by atoms with Crippen molar-refractivity contribution in [2.45, 2.75) is 17.9 Å². The van der Waals surface area contributed by atoms with E-state index >= 15 is 0 Å². The highest BCUT2D eigenvalue weighted by molar-refractivity contribution is 5.99. The van der Waals surface area contributed by atoms with E-state index in [2.05, 4.69) is 24.3 Å². The zero-order valence-corrected chi connectivity index (χ0v) is 11.5. The van der Waals surface area contributed by atoms with Gasteiger partial charge < -0.3 is 4.90 Å². The number of nitrogens with zero attached hydrogens (tertiary/aromatic N) is 2. The van der Waals surface area contributed by atoms with Gasteiger partial charge in [0.1, 0.15) is 0 Å². The maximum atomic E-state index is 12.6. The molecule has 4 atom stereocenters. The van der Waals surface area contributed by atoms with Crippen LogP contribution in [0.1, 0.15) is 23.0 Å². The summed E-state index contributed by atoms with van der Waals surface area (Å²) in [7, 11) is 3.38. The Bertz CT molecular complexity index is 652. The highest BCUT2D eigenvalue weighted by atomic mass is 16.2. The molecule has 0 unspecified atom stereocenters. The third kappa shape index (κ3) is 1.22. The average Bonchev–Trinajstić information content (AvgIpc) is 2.50. The monoisotopic (exact) mass is 268 g/mol. The molecule has 3 aliphatic carbocycles. The van der Waals surface area contributed by atoms with Crippen molar-refractivity contribution in [2.24, 2.45) is 5.92 Å². The smallest absolute Gasteiger partial charge is 0.323 e. The lowest BCUT2D eigenvalue weighted by molar-refractivity contribution is -0.138. The molecule has 1 aliphatic heterocycles. The molecule has 4 aliphatic rings. The van der Waals surface area contributed by atoms with E-state index < -0.39 is 0 Å². The molecule has 102 valence electrons. The van der Waals surface area contributed by atoms with Crippen molar-refractivity contribution in [2.75, 3.05) is 14.1 Å². The minimum atomic E-state index is -0.199. The van der Waals surface area contributed by atoms with Gasteiger partial charge in [0, 0.05) is 25.9 Å². The maximum Gasteiger partial charge on any atom is 0.326 e. The fourth-order valence-corrected chi connectivity index (χ4v) is 4.08. The van der Waals surface area contributed by atoms with Gasteiger partial charge >= 0.3 is 6.03 Å². The molecule has 4 heteroatoms. The molecule has 1 saturated heterocycles. The molecule has 4 nitrogen and oxygen atoms in total. The summed E-state index contributed by atoms with van der Waals surface area (Å²) < 4.78 is 0. The number of carbonyl (C=O) groups is 2. The fraction of sp³-hybridized carbons (Fsp3) is 0.375. The van der Waals surface area contributed by atoms with Gasteiger partial charge in [0.25, 0.3) is 0 Å². The summed E-state index contributed by atoms with van der Waals surface area (Å²) in [5.74, 6) is 0.0269. The fourth-order valence-electron chi connectivity index (χ4n) is 4.08. The topological polar surface area (TPSA) is 40.6 Å². The second-order valence-corrected chi connectivity index (χ2v) is 5.87. The molecule has 3 amide bonds. The first-order valence-corrected chi connectivity index (χ1v) is 6.93. The Kier molecular flexibility index (Phi) is 2.18. The molecule has 5 rings (SSSR count). The first kappa shape index (κ1) is 11.7. The third-order valence-electron chi connectivity index (χ3n) is 5.01. The minimum absolute atomic E-state index is 0.0453. The largest absolute Gasteiger partial charge is 0.326 e. The SMILES string of the molecule is CN1C(=O)[C@@H]2[C@@H]([C@H]3C=C[C@@H]2c2ccccc23)N(C)C1=O. The van der Waals surface area contributed by atoms with E-state index in [0.29, 0.717) is 0 Å². The minimum Gasteiger partial charge on any atom is -0.323 e. The van der Waals surface area contributed by atoms with Gasteiger partial charge in [0.05, 0.1) is 12.0 Å². The molecule has 0 N–H and O–H groups in total. The van der Waals surface area contributed by atoms with Crippen LogP contribution in [-0.2, 0) is 4.79 Å². The van der Waals surface area contributed by atoms with Crippen molar-refractivity contribution in [1.29, 1.82) is 0 Å². The van der Waals surface area contributed by atoms with Gasteiger partial charge in [0.2, 0.25) is 5.91 Å². The predicted molar refractivity (Wildman–Crippen MR) is 74.3 cm³/mol. The Balaban J connectivity index is 1.91. The van der Waals surface area contributed by atoms with Crippen molar-refractivity contribution in [3.05, 3.63) is 47.5 Å². The number of amides is 3. The van der Waals surface area contributed by atoms with E-state index in [9.17, 15) is 9.59 Å². The highest BCUT2D eigenvalue weighted by Gasteiger charge is 2.54. The lowest BCUT2D eigenvalue weighted by Gasteiger charge is -2.52. The molecule has 0 spiro atoms. The number of imide groups is 1. The number of hydrogen-bond acceptors (Lipinski definition) is 2. The summed E-state index contributed by atoms with van der Waals surface area (Å²) in [6.07, 6.45) is 4.31. The van der Waals surface area contributed by atoms with E-state index in [-0.39, 0.29) is 35.7 Å². The van der Waals surface area contributed by atoms with Crippen molar-refractivity contribution >= 4 is 11.9 Å². The number of hydrogen-bond donors (Lipinski definition) is 0. The third-order valence-corrected chi connectivity index (χ3v) is 5.01. The Hall–Kier alpha value is -2.10. The summed E-state index contributed by atoms with van der Waals surface area (Å²) in [4.78, 5) is 27.7. The lowest BCUT2D eigenvalue weighted by atomic mass is 9.61. The molecule has 1 fully saturated rings. The normalized spacial score (nSPS) is 34.3. The van der Waals surface area contributed by atoms with Crippen LogP contribution in [-0.4, -0.2) is 41.9 Å². The van der Waals surface area contributed by atoms with E-state index in [1.165, 1.54) is 16.0 Å². The van der Waals surface area contributed by atoms with Gasteiger partial charge in [0.15, 0.2) is 0 Å². The number of rotatable bonds is 0. The number of allylic oxidation sites excluding steroid dienone is 1. The van der Waals surface area contributed by atoms with E-state index in [0.717, 1.165) is 0 Å². The van der Waals surface area contributed by atoms with Crippen LogP contribution in [0.2, 0.25) is 0 Å². The lowest BCUT2D eigenvalue weighted by Crippen LogP contribution is -2.64. The van der Waals surface area contributed by atoms with Crippen molar-refractivity contribution in [3.63, 3.8) is 0 Å². The molecule has 0 saturated carbocycles. The van der Waals surface area contributed by atoms with Gasteiger partial charge in [-0.1, -0.05) is 36.4 Å². The second-order valence-electron chi connectivity index (χ2n) is 5.87. The molecule has 0 radical (unpaired) electrons. The van der Waals surface area contributed by atoms with Gasteiger partial charge in [-0.25, -0.2) is 4.79 Å². The second kappa shape index (κ2) is 3.72. The van der Waals surface area contributed by atoms with Crippen LogP contribution >= 0.6 is 0 Å². The number of urea groups is 1. The van der Waals surface area contributed by atoms with Crippen LogP contribution in [0, 0.1) is 5.92 Å². The molecule has 1 heterocycles. The quantitative estimate of drug-likeness (QED) is 0.675. The van der Waals surface area contributed by atoms with Gasteiger partial charge in [-0.15, -0.1) is 0 Å². The average molecular weight is 268 g/mol. The van der Waals surface area contributed by atoms with Crippen LogP contribution in [0.4, 0.5) is 4.79 Å². The molecule has 1 aromatic rings. The summed E-state index contributed by atoms with van der Waals surface area (Å²) in [5.41, 5.74) is 2.50. The van der Waals surface area contributed by atoms with Crippen molar-refractivity contribution in [1.82, 2.24) is 9.80 Å². The highest BCUT2D eigenvalue weighted by Crippen LogP contribution is 2.51. The molecular weight excluding hydrogens is 252 g/mol. The molecule has 0 aromatic heterocycles. The number of benzene rings is 1. The first-order valence-electron chi connectivity index (χ1n) is 6.93. The molecular formula is C16H16N2O2. The van der Waals surface area contributed by atoms with E-state index in [4.69, 9.17) is 0 Å². The van der Waals surface area contributed by atoms with Crippen LogP contribution < -0.4 is 0 Å². The van der Waals surface area contributed by atoms with Crippen LogP contribution in [0.5, 0.6) is 0 Å². The Morgan fingerprint density at radius 1 is 0.950 bits per heavy atom. The number of likely N-dealkylation sites (N-methyl/N-ethyl adjacent to an activating group) is 1. The summed E-state index contributed by atoms with van der Waals surface area (Å²) in [6, 6.07) is 8.03. The van der Waals surface area contributed by atoms with Gasteiger partial charge in [-0.3, -0.25) is 9.69 Å². The summed E-state index contributed by atoms with van der Waals surface area (Å²) in [6.45, 7) is 0. The van der Waals surface area contributed by atoms with Gasteiger partial charge in [-0.05, 0) is 11.1 Å². The zero-order valence-electron chi connectivity index (χ0n) is 11.5. The molecule has 2 bridgehead atoms. The Morgan fingerprint density at radius 2 is 1.55 bits per heavy atom. The molecule has 1 aromatic carbocycles. The van der Waals surface area contributed by atoms with Crippen molar-refractivity contribution < 1.29 is 9.59 Å². The van der Waals surface area contributed by atoms with Crippen LogP contribution in [0.25, 0.3) is 0 Å². The Labute approximate surface area is 117 Å². The van der Waals surface area contributed by atoms with Crippen LogP contribution in [0.3, 0.4) is 0 Å². The van der Waals surface area contributed by atoms with Crippen LogP contribution in [0.15, 0.2) is 36.4 Å². The van der Waals surface area contributed by atoms with Gasteiger partial charge in [-0.2, -0.15) is 0 Å².